The summed E-state index contributed by atoms with van der Waals surface area (Å²) in [4.78, 5) is 0.880. The van der Waals surface area contributed by atoms with Crippen LogP contribution in [0.3, 0.4) is 0 Å². The number of anilines is 2. The highest BCUT2D eigenvalue weighted by atomic mass is 32.2. The molecule has 2 aromatic carbocycles. The number of nitrogens with one attached hydrogen (secondary N) is 1. The molecule has 0 aromatic heterocycles. The monoisotopic (exact) mass is 297 g/mol. The van der Waals surface area contributed by atoms with E-state index in [4.69, 9.17) is 5.26 Å². The van der Waals surface area contributed by atoms with Crippen molar-refractivity contribution in [2.24, 2.45) is 0 Å². The molecule has 5 heteroatoms. The molecule has 0 saturated carbocycles. The molecule has 3 nitrogen and oxygen atoms in total. The van der Waals surface area contributed by atoms with Gasteiger partial charge in [-0.1, -0.05) is 13.0 Å². The highest BCUT2D eigenvalue weighted by Gasteiger charge is 2.10. The average Bonchev–Trinajstić information content (AvgIpc) is 2.49. The van der Waals surface area contributed by atoms with Crippen LogP contribution in [0.1, 0.15) is 18.1 Å². The van der Waals surface area contributed by atoms with E-state index in [1.807, 2.05) is 25.1 Å². The first-order valence-electron chi connectivity index (χ1n) is 6.32. The van der Waals surface area contributed by atoms with E-state index in [-0.39, 0.29) is 5.56 Å². The molecule has 0 aliphatic heterocycles. The van der Waals surface area contributed by atoms with E-state index in [1.165, 1.54) is 18.2 Å². The first-order valence-corrected chi connectivity index (χ1v) is 7.30. The number of hydrogen-bond acceptors (Lipinski definition) is 4. The predicted molar refractivity (Wildman–Crippen MR) is 82.0 cm³/mol. The van der Waals surface area contributed by atoms with Gasteiger partial charge in [-0.25, -0.2) is 4.39 Å². The lowest BCUT2D eigenvalue weighted by Gasteiger charge is -2.12. The van der Waals surface area contributed by atoms with Crippen molar-refractivity contribution in [1.29, 1.82) is 10.5 Å². The molecule has 2 aromatic rings. The Morgan fingerprint density at radius 2 is 1.95 bits per heavy atom. The van der Waals surface area contributed by atoms with Crippen molar-refractivity contribution in [3.8, 4) is 12.1 Å². The van der Waals surface area contributed by atoms with Gasteiger partial charge in [-0.2, -0.15) is 10.5 Å². The molecule has 1 N–H and O–H groups in total. The quantitative estimate of drug-likeness (QED) is 0.848. The van der Waals surface area contributed by atoms with Crippen LogP contribution in [0.25, 0.3) is 0 Å². The van der Waals surface area contributed by atoms with Crippen LogP contribution in [0.4, 0.5) is 15.8 Å². The number of nitriles is 2. The molecule has 0 radical (unpaired) electrons. The molecular formula is C16H12FN3S. The smallest absolute Gasteiger partial charge is 0.124 e. The maximum atomic E-state index is 13.1. The second-order valence-corrected chi connectivity index (χ2v) is 5.46. The molecule has 0 aliphatic carbocycles. The van der Waals surface area contributed by atoms with Crippen LogP contribution in [-0.2, 0) is 0 Å². The predicted octanol–water partition coefficient (Wildman–Crippen LogP) is 4.42. The van der Waals surface area contributed by atoms with Gasteiger partial charge >= 0.3 is 0 Å². The minimum Gasteiger partial charge on any atom is -0.353 e. The molecule has 0 atom stereocenters. The fourth-order valence-electron chi connectivity index (χ4n) is 1.89. The minimum atomic E-state index is -0.465. The maximum Gasteiger partial charge on any atom is 0.124 e. The van der Waals surface area contributed by atoms with Gasteiger partial charge in [0.2, 0.25) is 0 Å². The van der Waals surface area contributed by atoms with Crippen LogP contribution < -0.4 is 5.32 Å². The van der Waals surface area contributed by atoms with Gasteiger partial charge in [-0.3, -0.25) is 0 Å². The Morgan fingerprint density at radius 3 is 2.62 bits per heavy atom. The summed E-state index contributed by atoms with van der Waals surface area (Å²) in [6.45, 7) is 2.01. The fourth-order valence-corrected chi connectivity index (χ4v) is 2.68. The van der Waals surface area contributed by atoms with Crippen LogP contribution in [0.5, 0.6) is 0 Å². The molecule has 0 bridgehead atoms. The summed E-state index contributed by atoms with van der Waals surface area (Å²) in [6.07, 6.45) is 0. The highest BCUT2D eigenvalue weighted by molar-refractivity contribution is 7.99. The zero-order valence-electron chi connectivity index (χ0n) is 11.4. The van der Waals surface area contributed by atoms with Crippen molar-refractivity contribution in [1.82, 2.24) is 0 Å². The number of thioether (sulfide) groups is 1. The molecule has 0 aliphatic rings. The van der Waals surface area contributed by atoms with E-state index in [9.17, 15) is 9.65 Å². The largest absolute Gasteiger partial charge is 0.353 e. The zero-order valence-corrected chi connectivity index (χ0v) is 12.2. The van der Waals surface area contributed by atoms with Crippen molar-refractivity contribution >= 4 is 23.1 Å². The van der Waals surface area contributed by atoms with E-state index in [0.29, 0.717) is 16.9 Å². The molecule has 104 valence electrons. The lowest BCUT2D eigenvalue weighted by Crippen LogP contribution is -1.98. The topological polar surface area (TPSA) is 59.6 Å². The van der Waals surface area contributed by atoms with Crippen molar-refractivity contribution in [3.05, 3.63) is 53.3 Å². The van der Waals surface area contributed by atoms with Gasteiger partial charge in [-0.05, 0) is 36.1 Å². The van der Waals surface area contributed by atoms with E-state index >= 15 is 0 Å². The summed E-state index contributed by atoms with van der Waals surface area (Å²) in [5.74, 6) is 0.394. The molecule has 0 fully saturated rings. The van der Waals surface area contributed by atoms with Crippen LogP contribution in [0.15, 0.2) is 41.3 Å². The second-order valence-electron chi connectivity index (χ2n) is 4.15. The minimum absolute atomic E-state index is 0.201. The normalized spacial score (nSPS) is 9.71. The number of benzene rings is 2. The van der Waals surface area contributed by atoms with Crippen LogP contribution >= 0.6 is 11.8 Å². The summed E-state index contributed by atoms with van der Waals surface area (Å²) in [6, 6.07) is 13.6. The van der Waals surface area contributed by atoms with Gasteiger partial charge in [0.15, 0.2) is 0 Å². The van der Waals surface area contributed by atoms with E-state index in [0.717, 1.165) is 10.6 Å². The molecule has 0 spiro atoms. The van der Waals surface area contributed by atoms with Gasteiger partial charge in [0.25, 0.3) is 0 Å². The first kappa shape index (κ1) is 14.9. The first-order chi connectivity index (χ1) is 10.2. The van der Waals surface area contributed by atoms with Crippen LogP contribution in [0.2, 0.25) is 0 Å². The molecule has 0 saturated heterocycles. The maximum absolute atomic E-state index is 13.1. The Balaban J connectivity index is 2.43. The number of nitrogens with zero attached hydrogens (tertiary/aromatic N) is 2. The third-order valence-corrected chi connectivity index (χ3v) is 3.75. The lowest BCUT2D eigenvalue weighted by molar-refractivity contribution is 0.627. The Labute approximate surface area is 127 Å². The van der Waals surface area contributed by atoms with E-state index in [2.05, 4.69) is 11.4 Å². The SMILES string of the molecule is CCSc1cccc(Nc2ccc(F)cc2C#N)c1C#N. The van der Waals surface area contributed by atoms with Crippen molar-refractivity contribution in [3.63, 3.8) is 0 Å². The summed E-state index contributed by atoms with van der Waals surface area (Å²) in [7, 11) is 0. The van der Waals surface area contributed by atoms with Gasteiger partial charge in [0.05, 0.1) is 22.5 Å². The van der Waals surface area contributed by atoms with Crippen molar-refractivity contribution in [2.75, 3.05) is 11.1 Å². The van der Waals surface area contributed by atoms with Crippen LogP contribution in [0, 0.1) is 28.5 Å². The summed E-state index contributed by atoms with van der Waals surface area (Å²) >= 11 is 1.58. The van der Waals surface area contributed by atoms with E-state index in [1.54, 1.807) is 17.8 Å². The standard InChI is InChI=1S/C16H12FN3S/c1-2-21-16-5-3-4-15(13(16)10-19)20-14-7-6-12(17)8-11(14)9-18/h3-8,20H,2H2,1H3. The van der Waals surface area contributed by atoms with Gasteiger partial charge < -0.3 is 5.32 Å². The van der Waals surface area contributed by atoms with Crippen LogP contribution in [-0.4, -0.2) is 5.75 Å². The zero-order chi connectivity index (χ0) is 15.2. The average molecular weight is 297 g/mol. The lowest BCUT2D eigenvalue weighted by atomic mass is 10.1. The molecule has 0 unspecified atom stereocenters. The Hall–Kier alpha value is -2.50. The number of halogens is 1. The molecular weight excluding hydrogens is 285 g/mol. The number of hydrogen-bond donors (Lipinski definition) is 1. The Kier molecular flexibility index (Phi) is 4.81. The third kappa shape index (κ3) is 3.34. The van der Waals surface area contributed by atoms with Crippen molar-refractivity contribution < 1.29 is 4.39 Å². The summed E-state index contributed by atoms with van der Waals surface area (Å²) < 4.78 is 13.1. The molecule has 0 heterocycles. The number of rotatable bonds is 4. The highest BCUT2D eigenvalue weighted by Crippen LogP contribution is 2.30. The molecule has 2 rings (SSSR count). The van der Waals surface area contributed by atoms with Gasteiger partial charge in [-0.15, -0.1) is 11.8 Å². The van der Waals surface area contributed by atoms with Gasteiger partial charge in [0.1, 0.15) is 18.0 Å². The second kappa shape index (κ2) is 6.78. The van der Waals surface area contributed by atoms with Gasteiger partial charge in [0, 0.05) is 4.90 Å². The molecule has 0 amide bonds. The Morgan fingerprint density at radius 1 is 1.14 bits per heavy atom. The fraction of sp³-hybridized carbons (Fsp3) is 0.125. The summed E-state index contributed by atoms with van der Waals surface area (Å²) in [5, 5.41) is 21.5. The summed E-state index contributed by atoms with van der Waals surface area (Å²) in [5.41, 5.74) is 1.82. The Bertz CT molecular complexity index is 744. The molecule has 21 heavy (non-hydrogen) atoms. The van der Waals surface area contributed by atoms with Crippen molar-refractivity contribution in [2.45, 2.75) is 11.8 Å². The third-order valence-electron chi connectivity index (χ3n) is 2.81. The van der Waals surface area contributed by atoms with E-state index < -0.39 is 5.82 Å².